The van der Waals surface area contributed by atoms with E-state index in [2.05, 4.69) is 0 Å². The van der Waals surface area contributed by atoms with Crippen molar-refractivity contribution in [2.45, 2.75) is 43.7 Å². The molecule has 1 heterocycles. The monoisotopic (exact) mass is 302 g/mol. The van der Waals surface area contributed by atoms with Crippen molar-refractivity contribution in [2.75, 3.05) is 6.54 Å². The number of hydrogen-bond donors (Lipinski definition) is 1. The van der Waals surface area contributed by atoms with Gasteiger partial charge in [0.05, 0.1) is 5.02 Å². The summed E-state index contributed by atoms with van der Waals surface area (Å²) in [6.07, 6.45) is 1.37. The molecule has 0 amide bonds. The lowest BCUT2D eigenvalue weighted by Crippen LogP contribution is -2.48. The second-order valence-corrected chi connectivity index (χ2v) is 7.37. The molecule has 1 aromatic carbocycles. The lowest BCUT2D eigenvalue weighted by Gasteiger charge is -2.35. The highest BCUT2D eigenvalue weighted by Gasteiger charge is 2.34. The van der Waals surface area contributed by atoms with Gasteiger partial charge < -0.3 is 5.73 Å². The maximum absolute atomic E-state index is 12.7. The molecule has 0 radical (unpaired) electrons. The van der Waals surface area contributed by atoms with Gasteiger partial charge in [-0.3, -0.25) is 0 Å². The smallest absolute Gasteiger partial charge is 0.244 e. The number of benzene rings is 1. The summed E-state index contributed by atoms with van der Waals surface area (Å²) >= 11 is 6.14. The second-order valence-electron chi connectivity index (χ2n) is 5.14. The van der Waals surface area contributed by atoms with E-state index in [1.54, 1.807) is 25.1 Å². The van der Waals surface area contributed by atoms with Gasteiger partial charge in [0.1, 0.15) is 4.90 Å². The fourth-order valence-electron chi connectivity index (χ4n) is 2.49. The summed E-state index contributed by atoms with van der Waals surface area (Å²) in [4.78, 5) is 0.191. The Morgan fingerprint density at radius 2 is 2.11 bits per heavy atom. The zero-order chi connectivity index (χ0) is 14.2. The van der Waals surface area contributed by atoms with Crippen LogP contribution in [0.1, 0.15) is 25.3 Å². The SMILES string of the molecule is Cc1cccc(S(=O)(=O)N2CC[C@H](N)C[C@H]2C)c1Cl. The predicted octanol–water partition coefficient (Wildman–Crippen LogP) is 2.15. The largest absolute Gasteiger partial charge is 0.328 e. The number of nitrogens with zero attached hydrogens (tertiary/aromatic N) is 1. The number of sulfonamides is 1. The Balaban J connectivity index is 2.40. The van der Waals surface area contributed by atoms with Gasteiger partial charge in [-0.2, -0.15) is 4.31 Å². The summed E-state index contributed by atoms with van der Waals surface area (Å²) in [6.45, 7) is 4.14. The number of rotatable bonds is 2. The molecule has 0 saturated carbocycles. The summed E-state index contributed by atoms with van der Waals surface area (Å²) in [6, 6.07) is 5.07. The first kappa shape index (κ1) is 14.8. The van der Waals surface area contributed by atoms with Crippen LogP contribution in [-0.4, -0.2) is 31.4 Å². The van der Waals surface area contributed by atoms with Crippen LogP contribution in [0.3, 0.4) is 0 Å². The zero-order valence-electron chi connectivity index (χ0n) is 11.1. The molecule has 0 unspecified atom stereocenters. The van der Waals surface area contributed by atoms with Gasteiger partial charge in [-0.05, 0) is 38.3 Å². The number of nitrogens with two attached hydrogens (primary N) is 1. The minimum atomic E-state index is -3.54. The van der Waals surface area contributed by atoms with Crippen molar-refractivity contribution in [2.24, 2.45) is 5.73 Å². The highest BCUT2D eigenvalue weighted by atomic mass is 35.5. The Morgan fingerprint density at radius 1 is 1.42 bits per heavy atom. The van der Waals surface area contributed by atoms with Crippen molar-refractivity contribution in [3.05, 3.63) is 28.8 Å². The summed E-state index contributed by atoms with van der Waals surface area (Å²) in [5.74, 6) is 0. The lowest BCUT2D eigenvalue weighted by atomic mass is 10.0. The maximum Gasteiger partial charge on any atom is 0.244 e. The van der Waals surface area contributed by atoms with E-state index in [4.69, 9.17) is 17.3 Å². The number of hydrogen-bond acceptors (Lipinski definition) is 3. The molecular weight excluding hydrogens is 284 g/mol. The van der Waals surface area contributed by atoms with Crippen molar-refractivity contribution in [3.8, 4) is 0 Å². The van der Waals surface area contributed by atoms with E-state index < -0.39 is 10.0 Å². The average Bonchev–Trinajstić information content (AvgIpc) is 2.31. The first-order valence-corrected chi connectivity index (χ1v) is 8.18. The van der Waals surface area contributed by atoms with Crippen molar-refractivity contribution in [1.82, 2.24) is 4.31 Å². The molecule has 2 rings (SSSR count). The van der Waals surface area contributed by atoms with Crippen molar-refractivity contribution in [1.29, 1.82) is 0 Å². The van der Waals surface area contributed by atoms with Crippen LogP contribution in [0, 0.1) is 6.92 Å². The molecule has 0 bridgehead atoms. The normalized spacial score (nSPS) is 25.5. The molecule has 1 aliphatic rings. The molecule has 6 heteroatoms. The molecule has 1 aliphatic heterocycles. The standard InChI is InChI=1S/C13H19ClN2O2S/c1-9-4-3-5-12(13(9)14)19(17,18)16-7-6-11(15)8-10(16)2/h3-5,10-11H,6-8,15H2,1-2H3/t10-,11+/m1/s1. The van der Waals surface area contributed by atoms with Crippen LogP contribution < -0.4 is 5.73 Å². The zero-order valence-corrected chi connectivity index (χ0v) is 12.7. The van der Waals surface area contributed by atoms with Gasteiger partial charge in [-0.15, -0.1) is 0 Å². The second kappa shape index (κ2) is 5.40. The quantitative estimate of drug-likeness (QED) is 0.910. The van der Waals surface area contributed by atoms with Crippen LogP contribution in [0.5, 0.6) is 0 Å². The Kier molecular flexibility index (Phi) is 4.20. The molecule has 2 N–H and O–H groups in total. The molecule has 1 aromatic rings. The molecule has 19 heavy (non-hydrogen) atoms. The molecule has 0 spiro atoms. The van der Waals surface area contributed by atoms with Crippen LogP contribution in [0.25, 0.3) is 0 Å². The number of piperidine rings is 1. The summed E-state index contributed by atoms with van der Waals surface area (Å²) in [5.41, 5.74) is 6.64. The third-order valence-electron chi connectivity index (χ3n) is 3.60. The predicted molar refractivity (Wildman–Crippen MR) is 76.8 cm³/mol. The molecule has 0 aromatic heterocycles. The van der Waals surface area contributed by atoms with E-state index in [1.807, 2.05) is 6.92 Å². The molecule has 1 fully saturated rings. The minimum absolute atomic E-state index is 0.0782. The number of aryl methyl sites for hydroxylation is 1. The Morgan fingerprint density at radius 3 is 2.74 bits per heavy atom. The van der Waals surface area contributed by atoms with Crippen LogP contribution in [0.2, 0.25) is 5.02 Å². The topological polar surface area (TPSA) is 63.4 Å². The van der Waals surface area contributed by atoms with E-state index in [-0.39, 0.29) is 17.0 Å². The highest BCUT2D eigenvalue weighted by Crippen LogP contribution is 2.30. The van der Waals surface area contributed by atoms with E-state index >= 15 is 0 Å². The number of halogens is 1. The summed E-state index contributed by atoms with van der Waals surface area (Å²) in [7, 11) is -3.54. The third kappa shape index (κ3) is 2.79. The van der Waals surface area contributed by atoms with E-state index in [0.717, 1.165) is 5.56 Å². The van der Waals surface area contributed by atoms with E-state index in [0.29, 0.717) is 24.4 Å². The summed E-state index contributed by atoms with van der Waals surface area (Å²) < 4.78 is 26.9. The van der Waals surface area contributed by atoms with Gasteiger partial charge in [0.25, 0.3) is 0 Å². The van der Waals surface area contributed by atoms with Crippen molar-refractivity contribution < 1.29 is 8.42 Å². The highest BCUT2D eigenvalue weighted by molar-refractivity contribution is 7.89. The van der Waals surface area contributed by atoms with Crippen LogP contribution in [0.4, 0.5) is 0 Å². The van der Waals surface area contributed by atoms with Crippen molar-refractivity contribution in [3.63, 3.8) is 0 Å². The minimum Gasteiger partial charge on any atom is -0.328 e. The van der Waals surface area contributed by atoms with Gasteiger partial charge in [-0.1, -0.05) is 23.7 Å². The molecule has 0 aliphatic carbocycles. The van der Waals surface area contributed by atoms with Crippen LogP contribution >= 0.6 is 11.6 Å². The lowest BCUT2D eigenvalue weighted by molar-refractivity contribution is 0.247. The molecular formula is C13H19ClN2O2S. The van der Waals surface area contributed by atoms with Crippen LogP contribution in [-0.2, 0) is 10.0 Å². The van der Waals surface area contributed by atoms with Crippen LogP contribution in [0.15, 0.2) is 23.1 Å². The van der Waals surface area contributed by atoms with E-state index in [9.17, 15) is 8.42 Å². The summed E-state index contributed by atoms with van der Waals surface area (Å²) in [5, 5.41) is 0.310. The maximum atomic E-state index is 12.7. The first-order chi connectivity index (χ1) is 8.84. The van der Waals surface area contributed by atoms with Gasteiger partial charge in [0.2, 0.25) is 10.0 Å². The Labute approximate surface area is 119 Å². The molecule has 2 atom stereocenters. The first-order valence-electron chi connectivity index (χ1n) is 6.36. The van der Waals surface area contributed by atoms with Gasteiger partial charge in [-0.25, -0.2) is 8.42 Å². The van der Waals surface area contributed by atoms with Gasteiger partial charge in [0, 0.05) is 18.6 Å². The van der Waals surface area contributed by atoms with E-state index in [1.165, 1.54) is 4.31 Å². The van der Waals surface area contributed by atoms with Gasteiger partial charge in [0.15, 0.2) is 0 Å². The molecule has 1 saturated heterocycles. The Hall–Kier alpha value is -0.620. The fourth-order valence-corrected chi connectivity index (χ4v) is 4.70. The molecule has 106 valence electrons. The average molecular weight is 303 g/mol. The molecule has 4 nitrogen and oxygen atoms in total. The Bertz CT molecular complexity index is 574. The fraction of sp³-hybridized carbons (Fsp3) is 0.538. The van der Waals surface area contributed by atoms with Gasteiger partial charge >= 0.3 is 0 Å². The third-order valence-corrected chi connectivity index (χ3v) is 6.27. The van der Waals surface area contributed by atoms with Crippen molar-refractivity contribution >= 4 is 21.6 Å².